The summed E-state index contributed by atoms with van der Waals surface area (Å²) in [5, 5.41) is 15.4. The molecule has 0 saturated carbocycles. The maximum absolute atomic E-state index is 13.1. The Labute approximate surface area is 137 Å². The molecule has 9 heteroatoms. The van der Waals surface area contributed by atoms with E-state index >= 15 is 0 Å². The van der Waals surface area contributed by atoms with Gasteiger partial charge in [0.25, 0.3) is 0 Å². The van der Waals surface area contributed by atoms with Crippen LogP contribution in [-0.2, 0) is 11.0 Å². The minimum atomic E-state index is -4.71. The zero-order chi connectivity index (χ0) is 18.3. The van der Waals surface area contributed by atoms with E-state index in [1.54, 1.807) is 6.92 Å². The first kappa shape index (κ1) is 19.3. The molecule has 0 aliphatic carbocycles. The Morgan fingerprint density at radius 1 is 1.29 bits per heavy atom. The SMILES string of the molecule is CC[C@H](CC#N)NC(=O)Nc1ccc(NC(C)=O)cc1C(F)(F)F. The zero-order valence-electron chi connectivity index (χ0n) is 13.1. The second-order valence-electron chi connectivity index (χ2n) is 5.01. The highest BCUT2D eigenvalue weighted by molar-refractivity contribution is 5.92. The van der Waals surface area contributed by atoms with Gasteiger partial charge in [-0.15, -0.1) is 0 Å². The molecular formula is C15H17F3N4O2. The van der Waals surface area contributed by atoms with Crippen molar-refractivity contribution in [1.29, 1.82) is 5.26 Å². The third-order valence-electron chi connectivity index (χ3n) is 3.06. The van der Waals surface area contributed by atoms with Crippen molar-refractivity contribution in [2.45, 2.75) is 38.9 Å². The topological polar surface area (TPSA) is 94.0 Å². The van der Waals surface area contributed by atoms with Gasteiger partial charge in [-0.05, 0) is 24.6 Å². The summed E-state index contributed by atoms with van der Waals surface area (Å²) in [4.78, 5) is 22.8. The normalized spacial score (nSPS) is 12.0. The number of alkyl halides is 3. The molecule has 3 N–H and O–H groups in total. The van der Waals surface area contributed by atoms with Crippen molar-refractivity contribution in [3.8, 4) is 6.07 Å². The van der Waals surface area contributed by atoms with E-state index in [1.807, 2.05) is 6.07 Å². The van der Waals surface area contributed by atoms with Crippen LogP contribution < -0.4 is 16.0 Å². The van der Waals surface area contributed by atoms with Gasteiger partial charge >= 0.3 is 12.2 Å². The molecule has 0 radical (unpaired) electrons. The smallest absolute Gasteiger partial charge is 0.334 e. The van der Waals surface area contributed by atoms with Crippen molar-refractivity contribution in [3.05, 3.63) is 23.8 Å². The van der Waals surface area contributed by atoms with Crippen molar-refractivity contribution >= 4 is 23.3 Å². The van der Waals surface area contributed by atoms with Crippen LogP contribution in [0.4, 0.5) is 29.3 Å². The first-order valence-corrected chi connectivity index (χ1v) is 7.10. The van der Waals surface area contributed by atoms with E-state index in [0.29, 0.717) is 6.42 Å². The van der Waals surface area contributed by atoms with Crippen LogP contribution in [0.5, 0.6) is 0 Å². The summed E-state index contributed by atoms with van der Waals surface area (Å²) in [6.07, 6.45) is -4.19. The van der Waals surface area contributed by atoms with Crippen LogP contribution in [0.3, 0.4) is 0 Å². The zero-order valence-corrected chi connectivity index (χ0v) is 13.1. The molecule has 3 amide bonds. The van der Waals surface area contributed by atoms with Crippen molar-refractivity contribution in [1.82, 2.24) is 5.32 Å². The van der Waals surface area contributed by atoms with Crippen LogP contribution in [0.1, 0.15) is 32.3 Å². The van der Waals surface area contributed by atoms with Crippen molar-refractivity contribution in [3.63, 3.8) is 0 Å². The lowest BCUT2D eigenvalue weighted by atomic mass is 10.1. The molecule has 24 heavy (non-hydrogen) atoms. The number of hydrogen-bond acceptors (Lipinski definition) is 3. The van der Waals surface area contributed by atoms with E-state index in [0.717, 1.165) is 12.1 Å². The molecule has 0 unspecified atom stereocenters. The number of nitrogens with zero attached hydrogens (tertiary/aromatic N) is 1. The first-order valence-electron chi connectivity index (χ1n) is 7.10. The molecule has 1 rings (SSSR count). The summed E-state index contributed by atoms with van der Waals surface area (Å²) in [6, 6.07) is 3.64. The van der Waals surface area contributed by atoms with Crippen LogP contribution in [0.2, 0.25) is 0 Å². The van der Waals surface area contributed by atoms with Gasteiger partial charge in [-0.3, -0.25) is 4.79 Å². The lowest BCUT2D eigenvalue weighted by Crippen LogP contribution is -2.37. The number of amides is 3. The van der Waals surface area contributed by atoms with Gasteiger partial charge in [-0.2, -0.15) is 18.4 Å². The van der Waals surface area contributed by atoms with Gasteiger partial charge in [0.15, 0.2) is 0 Å². The van der Waals surface area contributed by atoms with Crippen LogP contribution >= 0.6 is 0 Å². The molecule has 0 spiro atoms. The third-order valence-corrected chi connectivity index (χ3v) is 3.06. The molecule has 0 fully saturated rings. The average molecular weight is 342 g/mol. The van der Waals surface area contributed by atoms with Gasteiger partial charge in [-0.1, -0.05) is 6.92 Å². The van der Waals surface area contributed by atoms with Crippen LogP contribution in [-0.4, -0.2) is 18.0 Å². The number of urea groups is 1. The Hall–Kier alpha value is -2.76. The molecule has 0 aliphatic rings. The fraction of sp³-hybridized carbons (Fsp3) is 0.400. The first-order chi connectivity index (χ1) is 11.2. The van der Waals surface area contributed by atoms with E-state index in [9.17, 15) is 22.8 Å². The Balaban J connectivity index is 3.00. The Bertz CT molecular complexity index is 653. The van der Waals surface area contributed by atoms with Crippen LogP contribution in [0, 0.1) is 11.3 Å². The standard InChI is InChI=1S/C15H17F3N4O2/c1-3-10(6-7-19)21-14(24)22-13-5-4-11(20-9(2)23)8-12(13)15(16,17)18/h4-5,8,10H,3,6H2,1-2H3,(H,20,23)(H2,21,22,24)/t10-/m1/s1. The molecule has 130 valence electrons. The van der Waals surface area contributed by atoms with Crippen molar-refractivity contribution in [2.75, 3.05) is 10.6 Å². The van der Waals surface area contributed by atoms with Crippen LogP contribution in [0.15, 0.2) is 18.2 Å². The Morgan fingerprint density at radius 2 is 1.96 bits per heavy atom. The molecule has 0 bridgehead atoms. The summed E-state index contributed by atoms with van der Waals surface area (Å²) in [5.41, 5.74) is -1.56. The lowest BCUT2D eigenvalue weighted by molar-refractivity contribution is -0.137. The second-order valence-corrected chi connectivity index (χ2v) is 5.01. The monoisotopic (exact) mass is 342 g/mol. The molecule has 1 aromatic carbocycles. The van der Waals surface area contributed by atoms with Gasteiger partial charge in [-0.25, -0.2) is 4.79 Å². The number of nitrogens with one attached hydrogen (secondary N) is 3. The molecule has 1 aromatic rings. The maximum atomic E-state index is 13.1. The second kappa shape index (κ2) is 8.19. The van der Waals surface area contributed by atoms with Crippen molar-refractivity contribution < 1.29 is 22.8 Å². The van der Waals surface area contributed by atoms with Gasteiger partial charge in [0.1, 0.15) is 0 Å². The molecular weight excluding hydrogens is 325 g/mol. The van der Waals surface area contributed by atoms with E-state index < -0.39 is 35.4 Å². The van der Waals surface area contributed by atoms with E-state index in [4.69, 9.17) is 5.26 Å². The number of benzene rings is 1. The number of halogens is 3. The van der Waals surface area contributed by atoms with E-state index in [-0.39, 0.29) is 12.1 Å². The summed E-state index contributed by atoms with van der Waals surface area (Å²) < 4.78 is 39.4. The molecule has 0 heterocycles. The summed E-state index contributed by atoms with van der Waals surface area (Å²) in [7, 11) is 0. The number of anilines is 2. The predicted octanol–water partition coefficient (Wildman–Crippen LogP) is 3.48. The Kier molecular flexibility index (Phi) is 6.58. The van der Waals surface area contributed by atoms with Crippen LogP contribution in [0.25, 0.3) is 0 Å². The largest absolute Gasteiger partial charge is 0.418 e. The number of nitriles is 1. The number of carbonyl (C=O) groups is 2. The van der Waals surface area contributed by atoms with Gasteiger partial charge in [0.2, 0.25) is 5.91 Å². The maximum Gasteiger partial charge on any atom is 0.418 e. The Morgan fingerprint density at radius 3 is 2.46 bits per heavy atom. The van der Waals surface area contributed by atoms with Crippen molar-refractivity contribution in [2.24, 2.45) is 0 Å². The highest BCUT2D eigenvalue weighted by Gasteiger charge is 2.34. The summed E-state index contributed by atoms with van der Waals surface area (Å²) in [5.74, 6) is -0.510. The molecule has 1 atom stereocenters. The quantitative estimate of drug-likeness (QED) is 0.765. The fourth-order valence-electron chi connectivity index (χ4n) is 1.92. The molecule has 0 aromatic heterocycles. The highest BCUT2D eigenvalue weighted by atomic mass is 19.4. The predicted molar refractivity (Wildman–Crippen MR) is 82.2 cm³/mol. The molecule has 0 saturated heterocycles. The molecule has 0 aliphatic heterocycles. The number of hydrogen-bond donors (Lipinski definition) is 3. The van der Waals surface area contributed by atoms with E-state index in [1.165, 1.54) is 13.0 Å². The fourth-order valence-corrected chi connectivity index (χ4v) is 1.92. The summed E-state index contributed by atoms with van der Waals surface area (Å²) >= 11 is 0. The third kappa shape index (κ3) is 5.79. The molecule has 6 nitrogen and oxygen atoms in total. The number of rotatable bonds is 5. The average Bonchev–Trinajstić information content (AvgIpc) is 2.46. The minimum absolute atomic E-state index is 0.0308. The minimum Gasteiger partial charge on any atom is -0.334 e. The van der Waals surface area contributed by atoms with E-state index in [2.05, 4.69) is 16.0 Å². The van der Waals surface area contributed by atoms with Gasteiger partial charge < -0.3 is 16.0 Å². The lowest BCUT2D eigenvalue weighted by Gasteiger charge is -2.18. The summed E-state index contributed by atoms with van der Waals surface area (Å²) in [6.45, 7) is 2.92. The van der Waals surface area contributed by atoms with Gasteiger partial charge in [0, 0.05) is 18.7 Å². The van der Waals surface area contributed by atoms with Gasteiger partial charge in [0.05, 0.1) is 23.7 Å². The number of carbonyl (C=O) groups excluding carboxylic acids is 2. The highest BCUT2D eigenvalue weighted by Crippen LogP contribution is 2.36.